The van der Waals surface area contributed by atoms with Crippen LogP contribution in [0.2, 0.25) is 0 Å². The van der Waals surface area contributed by atoms with Crippen LogP contribution in [-0.2, 0) is 0 Å². The van der Waals surface area contributed by atoms with Crippen LogP contribution in [0, 0.1) is 17.3 Å². The number of nitrogens with zero attached hydrogens (tertiary/aromatic N) is 2. The summed E-state index contributed by atoms with van der Waals surface area (Å²) in [6.45, 7) is 3.78. The van der Waals surface area contributed by atoms with E-state index in [1.54, 1.807) is 31.4 Å². The Hall–Kier alpha value is -3.18. The molecule has 0 amide bonds. The first kappa shape index (κ1) is 22.1. The second-order valence-electron chi connectivity index (χ2n) is 6.34. The van der Waals surface area contributed by atoms with Gasteiger partial charge in [-0.1, -0.05) is 18.8 Å². The number of unbranched alkanes of at least 4 members (excludes halogenated alkanes) is 1. The molecule has 0 unspecified atom stereocenters. The summed E-state index contributed by atoms with van der Waals surface area (Å²) in [5, 5.41) is 19.6. The molecule has 7 nitrogen and oxygen atoms in total. The lowest BCUT2D eigenvalue weighted by molar-refractivity contribution is 0.742. The van der Waals surface area contributed by atoms with Crippen molar-refractivity contribution in [2.45, 2.75) is 26.2 Å². The van der Waals surface area contributed by atoms with Gasteiger partial charge < -0.3 is 21.3 Å². The molecule has 0 bridgehead atoms. The van der Waals surface area contributed by atoms with Crippen LogP contribution in [0.3, 0.4) is 0 Å². The van der Waals surface area contributed by atoms with Gasteiger partial charge in [0.25, 0.3) is 0 Å². The molecule has 0 aliphatic carbocycles. The fourth-order valence-electron chi connectivity index (χ4n) is 2.57. The summed E-state index contributed by atoms with van der Waals surface area (Å²) in [5.41, 5.74) is 2.04. The minimum atomic E-state index is -1.01. The molecule has 0 aliphatic heterocycles. The van der Waals surface area contributed by atoms with Crippen molar-refractivity contribution < 1.29 is 4.39 Å². The molecule has 1 aromatic carbocycles. The molecule has 5 N–H and O–H groups in total. The molecule has 0 saturated carbocycles. The number of aromatic nitrogens is 2. The Kier molecular flexibility index (Phi) is 8.86. The molecular weight excluding hydrogens is 369 g/mol. The van der Waals surface area contributed by atoms with Gasteiger partial charge in [0, 0.05) is 31.4 Å². The Balaban J connectivity index is 2.23. The van der Waals surface area contributed by atoms with Crippen molar-refractivity contribution in [3.63, 3.8) is 0 Å². The van der Waals surface area contributed by atoms with Gasteiger partial charge >= 0.3 is 0 Å². The molecule has 0 radical (unpaired) electrons. The van der Waals surface area contributed by atoms with Crippen LogP contribution in [-0.4, -0.2) is 43.1 Å². The van der Waals surface area contributed by atoms with E-state index in [0.29, 0.717) is 23.1 Å². The maximum Gasteiger partial charge on any atom is 0.229 e. The number of hydrogen-bond donors (Lipinski definition) is 5. The highest BCUT2D eigenvalue weighted by Gasteiger charge is 2.10. The highest BCUT2D eigenvalue weighted by atomic mass is 19.1. The fourth-order valence-corrected chi connectivity index (χ4v) is 2.57. The van der Waals surface area contributed by atoms with Gasteiger partial charge in [-0.25, -0.2) is 4.98 Å². The molecule has 0 spiro atoms. The van der Waals surface area contributed by atoms with E-state index in [4.69, 9.17) is 5.41 Å². The van der Waals surface area contributed by atoms with Gasteiger partial charge in [-0.05, 0) is 44.6 Å². The summed E-state index contributed by atoms with van der Waals surface area (Å²) in [7, 11) is 3.60. The van der Waals surface area contributed by atoms with Gasteiger partial charge in [0.05, 0.1) is 17.3 Å². The van der Waals surface area contributed by atoms with Gasteiger partial charge in [-0.3, -0.25) is 5.41 Å². The lowest BCUT2D eigenvalue weighted by atomic mass is 10.1. The first-order valence-corrected chi connectivity index (χ1v) is 9.66. The van der Waals surface area contributed by atoms with Gasteiger partial charge in [0.15, 0.2) is 0 Å². The smallest absolute Gasteiger partial charge is 0.229 e. The van der Waals surface area contributed by atoms with Crippen molar-refractivity contribution in [1.82, 2.24) is 15.3 Å². The second kappa shape index (κ2) is 11.6. The van der Waals surface area contributed by atoms with E-state index in [-0.39, 0.29) is 5.56 Å². The van der Waals surface area contributed by atoms with E-state index in [9.17, 15) is 4.39 Å². The van der Waals surface area contributed by atoms with Crippen LogP contribution in [0.1, 0.15) is 37.3 Å². The van der Waals surface area contributed by atoms with Crippen LogP contribution in [0.4, 0.5) is 27.5 Å². The average molecular weight is 398 g/mol. The maximum atomic E-state index is 13.5. The van der Waals surface area contributed by atoms with Crippen molar-refractivity contribution in [3.8, 4) is 11.8 Å². The second-order valence-corrected chi connectivity index (χ2v) is 6.34. The molecule has 0 atom stereocenters. The van der Waals surface area contributed by atoms with Crippen LogP contribution in [0.15, 0.2) is 24.4 Å². The number of nitrogens with one attached hydrogen (secondary N) is 5. The molecular formula is C21H28FN7. The SMILES string of the molecule is CCCNc1nc(Nc2ccc(NC)c(C(=N)F)c2)ncc1C#CCCCNC. The molecule has 1 heterocycles. The number of rotatable bonds is 10. The van der Waals surface area contributed by atoms with Crippen molar-refractivity contribution in [2.24, 2.45) is 0 Å². The summed E-state index contributed by atoms with van der Waals surface area (Å²) in [6, 6.07) is 5.02. The number of hydrogen-bond acceptors (Lipinski definition) is 7. The summed E-state index contributed by atoms with van der Waals surface area (Å²) < 4.78 is 13.5. The highest BCUT2D eigenvalue weighted by Crippen LogP contribution is 2.24. The van der Waals surface area contributed by atoms with Crippen LogP contribution < -0.4 is 21.3 Å². The van der Waals surface area contributed by atoms with E-state index < -0.39 is 5.97 Å². The zero-order valence-electron chi connectivity index (χ0n) is 17.1. The average Bonchev–Trinajstić information content (AvgIpc) is 2.73. The fraction of sp³-hybridized carbons (Fsp3) is 0.381. The minimum Gasteiger partial charge on any atom is -0.388 e. The molecule has 8 heteroatoms. The monoisotopic (exact) mass is 397 g/mol. The molecule has 2 rings (SSSR count). The molecule has 0 saturated heterocycles. The molecule has 0 aliphatic rings. The van der Waals surface area contributed by atoms with Crippen molar-refractivity contribution in [2.75, 3.05) is 43.1 Å². The minimum absolute atomic E-state index is 0.172. The zero-order valence-corrected chi connectivity index (χ0v) is 17.1. The summed E-state index contributed by atoms with van der Waals surface area (Å²) >= 11 is 0. The first-order valence-electron chi connectivity index (χ1n) is 9.66. The predicted molar refractivity (Wildman–Crippen MR) is 118 cm³/mol. The van der Waals surface area contributed by atoms with Crippen molar-refractivity contribution >= 4 is 29.1 Å². The maximum absolute atomic E-state index is 13.5. The van der Waals surface area contributed by atoms with Gasteiger partial charge in [0.2, 0.25) is 11.9 Å². The third-order valence-corrected chi connectivity index (χ3v) is 4.06. The van der Waals surface area contributed by atoms with Crippen LogP contribution in [0.25, 0.3) is 0 Å². The Labute approximate surface area is 171 Å². The first-order chi connectivity index (χ1) is 14.1. The Bertz CT molecular complexity index is 886. The third kappa shape index (κ3) is 6.73. The molecule has 2 aromatic rings. The standard InChI is InChI=1S/C21H28FN7/c1-4-11-26-20-15(8-6-5-7-12-24-2)14-27-21(29-20)28-16-9-10-18(25-3)17(13-16)19(22)23/h9-10,13-14,23-25H,4-5,7,11-12H2,1-3H3,(H2,26,27,28,29). The van der Waals surface area contributed by atoms with Crippen LogP contribution in [0.5, 0.6) is 0 Å². The quantitative estimate of drug-likeness (QED) is 0.238. The van der Waals surface area contributed by atoms with Gasteiger partial charge in [0.1, 0.15) is 5.82 Å². The lowest BCUT2D eigenvalue weighted by Gasteiger charge is -2.12. The predicted octanol–water partition coefficient (Wildman–Crippen LogP) is 3.73. The van der Waals surface area contributed by atoms with E-state index in [1.807, 2.05) is 7.05 Å². The molecule has 154 valence electrons. The Morgan fingerprint density at radius 2 is 2.07 bits per heavy atom. The van der Waals surface area contributed by atoms with Crippen molar-refractivity contribution in [3.05, 3.63) is 35.5 Å². The normalized spacial score (nSPS) is 10.1. The Morgan fingerprint density at radius 1 is 1.24 bits per heavy atom. The van der Waals surface area contributed by atoms with Gasteiger partial charge in [-0.15, -0.1) is 0 Å². The molecule has 29 heavy (non-hydrogen) atoms. The van der Waals surface area contributed by atoms with Crippen molar-refractivity contribution in [1.29, 1.82) is 5.41 Å². The number of anilines is 4. The summed E-state index contributed by atoms with van der Waals surface area (Å²) in [5.74, 6) is 6.31. The topological polar surface area (TPSA) is 97.8 Å². The van der Waals surface area contributed by atoms with Crippen LogP contribution >= 0.6 is 0 Å². The van der Waals surface area contributed by atoms with Gasteiger partial charge in [-0.2, -0.15) is 9.37 Å². The highest BCUT2D eigenvalue weighted by molar-refractivity contribution is 5.97. The Morgan fingerprint density at radius 3 is 2.76 bits per heavy atom. The number of halogens is 1. The zero-order chi connectivity index (χ0) is 21.1. The largest absolute Gasteiger partial charge is 0.388 e. The van der Waals surface area contributed by atoms with E-state index in [1.165, 1.54) is 0 Å². The van der Waals surface area contributed by atoms with E-state index in [2.05, 4.69) is 50.0 Å². The number of benzene rings is 1. The third-order valence-electron chi connectivity index (χ3n) is 4.06. The molecule has 0 fully saturated rings. The van der Waals surface area contributed by atoms with E-state index >= 15 is 0 Å². The summed E-state index contributed by atoms with van der Waals surface area (Å²) in [6.07, 6.45) is 4.41. The van der Waals surface area contributed by atoms with E-state index in [0.717, 1.165) is 37.9 Å². The molecule has 1 aromatic heterocycles. The lowest BCUT2D eigenvalue weighted by Crippen LogP contribution is -2.08. The summed E-state index contributed by atoms with van der Waals surface area (Å²) in [4.78, 5) is 8.86.